The summed E-state index contributed by atoms with van der Waals surface area (Å²) in [5.41, 5.74) is 0. The van der Waals surface area contributed by atoms with E-state index in [2.05, 4.69) is 12.2 Å². The number of carbonyl (C=O) groups is 2. The molecule has 5 nitrogen and oxygen atoms in total. The van der Waals surface area contributed by atoms with Crippen LogP contribution in [0, 0.1) is 0 Å². The summed E-state index contributed by atoms with van der Waals surface area (Å²) >= 11 is 0. The van der Waals surface area contributed by atoms with Gasteiger partial charge in [0, 0.05) is 13.1 Å². The van der Waals surface area contributed by atoms with Crippen LogP contribution < -0.4 is 5.32 Å². The highest BCUT2D eigenvalue weighted by atomic mass is 16.5. The van der Waals surface area contributed by atoms with Crippen molar-refractivity contribution in [2.75, 3.05) is 20.2 Å². The number of hydrogen-bond donors (Lipinski definition) is 1. The number of likely N-dealkylation sites (tertiary alicyclic amines) is 1. The van der Waals surface area contributed by atoms with Gasteiger partial charge in [-0.2, -0.15) is 0 Å². The van der Waals surface area contributed by atoms with Crippen molar-refractivity contribution in [2.24, 2.45) is 0 Å². The van der Waals surface area contributed by atoms with E-state index in [1.807, 2.05) is 0 Å². The number of nitrogens with one attached hydrogen (secondary N) is 1. The van der Waals surface area contributed by atoms with Gasteiger partial charge in [-0.25, -0.2) is 9.59 Å². The third-order valence-electron chi connectivity index (χ3n) is 3.04. The summed E-state index contributed by atoms with van der Waals surface area (Å²) in [4.78, 5) is 25.1. The first-order valence-electron chi connectivity index (χ1n) is 6.33. The number of esters is 1. The van der Waals surface area contributed by atoms with E-state index in [0.29, 0.717) is 19.5 Å². The number of nitrogens with zero attached hydrogens (tertiary/aromatic N) is 1. The Morgan fingerprint density at radius 3 is 2.82 bits per heavy atom. The van der Waals surface area contributed by atoms with Crippen molar-refractivity contribution >= 4 is 12.0 Å². The summed E-state index contributed by atoms with van der Waals surface area (Å²) in [6.07, 6.45) is 4.63. The van der Waals surface area contributed by atoms with Crippen LogP contribution in [0.25, 0.3) is 0 Å². The van der Waals surface area contributed by atoms with Crippen molar-refractivity contribution in [3.05, 3.63) is 0 Å². The number of piperidine rings is 1. The number of amides is 2. The smallest absolute Gasteiger partial charge is 0.328 e. The fourth-order valence-electron chi connectivity index (χ4n) is 2.03. The van der Waals surface area contributed by atoms with Crippen LogP contribution in [0.1, 0.15) is 39.0 Å². The van der Waals surface area contributed by atoms with E-state index >= 15 is 0 Å². The molecule has 1 heterocycles. The molecular formula is C12H22N2O3. The Bertz CT molecular complexity index is 268. The Kier molecular flexibility index (Phi) is 5.80. The Morgan fingerprint density at radius 2 is 2.18 bits per heavy atom. The number of methoxy groups -OCH3 is 1. The van der Waals surface area contributed by atoms with Crippen LogP contribution in [-0.2, 0) is 9.53 Å². The van der Waals surface area contributed by atoms with Gasteiger partial charge in [0.25, 0.3) is 0 Å². The van der Waals surface area contributed by atoms with Crippen LogP contribution in [0.3, 0.4) is 0 Å². The predicted molar refractivity (Wildman–Crippen MR) is 64.7 cm³/mol. The lowest BCUT2D eigenvalue weighted by molar-refractivity contribution is -0.146. The number of hydrogen-bond acceptors (Lipinski definition) is 3. The van der Waals surface area contributed by atoms with Crippen molar-refractivity contribution in [1.82, 2.24) is 10.2 Å². The Balaban J connectivity index is 2.52. The highest BCUT2D eigenvalue weighted by Crippen LogP contribution is 2.18. The number of ether oxygens (including phenoxy) is 1. The van der Waals surface area contributed by atoms with Gasteiger partial charge in [-0.15, -0.1) is 0 Å². The molecule has 17 heavy (non-hydrogen) atoms. The summed E-state index contributed by atoms with van der Waals surface area (Å²) in [5, 5.41) is 2.84. The first kappa shape index (κ1) is 13.8. The standard InChI is InChI=1S/C12H22N2O3/c1-3-4-8-13-12(16)14-9-6-5-7-10(14)11(15)17-2/h10H,3-9H2,1-2H3,(H,13,16). The van der Waals surface area contributed by atoms with Crippen LogP contribution in [0.15, 0.2) is 0 Å². The van der Waals surface area contributed by atoms with Crippen molar-refractivity contribution in [3.8, 4) is 0 Å². The normalized spacial score (nSPS) is 19.9. The third-order valence-corrected chi connectivity index (χ3v) is 3.04. The van der Waals surface area contributed by atoms with Gasteiger partial charge in [0.1, 0.15) is 6.04 Å². The molecule has 1 aliphatic heterocycles. The molecule has 0 aromatic carbocycles. The Hall–Kier alpha value is -1.26. The molecule has 1 N–H and O–H groups in total. The lowest BCUT2D eigenvalue weighted by Gasteiger charge is -2.33. The number of rotatable bonds is 4. The lowest BCUT2D eigenvalue weighted by atomic mass is 10.0. The molecule has 2 amide bonds. The maximum Gasteiger partial charge on any atom is 0.328 e. The molecule has 0 bridgehead atoms. The van der Waals surface area contributed by atoms with E-state index in [9.17, 15) is 9.59 Å². The highest BCUT2D eigenvalue weighted by Gasteiger charge is 2.32. The summed E-state index contributed by atoms with van der Waals surface area (Å²) in [6.45, 7) is 3.38. The molecule has 1 aliphatic rings. The largest absolute Gasteiger partial charge is 0.467 e. The quantitative estimate of drug-likeness (QED) is 0.600. The van der Waals surface area contributed by atoms with Crippen molar-refractivity contribution in [2.45, 2.75) is 45.1 Å². The second-order valence-electron chi connectivity index (χ2n) is 4.31. The molecule has 1 atom stereocenters. The number of unbranched alkanes of at least 4 members (excludes halogenated alkanes) is 1. The molecular weight excluding hydrogens is 220 g/mol. The molecule has 1 fully saturated rings. The molecule has 0 saturated carbocycles. The van der Waals surface area contributed by atoms with Crippen LogP contribution in [0.5, 0.6) is 0 Å². The van der Waals surface area contributed by atoms with E-state index in [0.717, 1.165) is 25.7 Å². The zero-order valence-corrected chi connectivity index (χ0v) is 10.7. The lowest BCUT2D eigenvalue weighted by Crippen LogP contribution is -2.52. The van der Waals surface area contributed by atoms with Crippen LogP contribution in [-0.4, -0.2) is 43.1 Å². The van der Waals surface area contributed by atoms with Gasteiger partial charge in [-0.1, -0.05) is 13.3 Å². The maximum atomic E-state index is 11.9. The maximum absolute atomic E-state index is 11.9. The Morgan fingerprint density at radius 1 is 1.41 bits per heavy atom. The van der Waals surface area contributed by atoms with Gasteiger partial charge in [0.2, 0.25) is 0 Å². The first-order valence-corrected chi connectivity index (χ1v) is 6.33. The molecule has 0 spiro atoms. The average Bonchev–Trinajstić information content (AvgIpc) is 2.38. The summed E-state index contributed by atoms with van der Waals surface area (Å²) in [6, 6.07) is -0.552. The van der Waals surface area contributed by atoms with Crippen molar-refractivity contribution < 1.29 is 14.3 Å². The van der Waals surface area contributed by atoms with Crippen molar-refractivity contribution in [1.29, 1.82) is 0 Å². The second kappa shape index (κ2) is 7.14. The fourth-order valence-corrected chi connectivity index (χ4v) is 2.03. The van der Waals surface area contributed by atoms with E-state index < -0.39 is 6.04 Å². The molecule has 0 radical (unpaired) electrons. The average molecular weight is 242 g/mol. The van der Waals surface area contributed by atoms with Crippen molar-refractivity contribution in [3.63, 3.8) is 0 Å². The van der Waals surface area contributed by atoms with E-state index in [1.165, 1.54) is 7.11 Å². The molecule has 98 valence electrons. The van der Waals surface area contributed by atoms with Gasteiger partial charge >= 0.3 is 12.0 Å². The van der Waals surface area contributed by atoms with Gasteiger partial charge in [0.15, 0.2) is 0 Å². The third kappa shape index (κ3) is 3.91. The summed E-state index contributed by atoms with van der Waals surface area (Å²) in [7, 11) is 1.37. The minimum Gasteiger partial charge on any atom is -0.467 e. The minimum atomic E-state index is -0.407. The molecule has 0 aromatic heterocycles. The predicted octanol–water partition coefficient (Wildman–Crippen LogP) is 1.52. The second-order valence-corrected chi connectivity index (χ2v) is 4.31. The number of carbonyl (C=O) groups excluding carboxylic acids is 2. The van der Waals surface area contributed by atoms with Gasteiger partial charge in [-0.3, -0.25) is 0 Å². The Labute approximate surface area is 102 Å². The zero-order valence-electron chi connectivity index (χ0n) is 10.7. The van der Waals surface area contributed by atoms with E-state index in [-0.39, 0.29) is 12.0 Å². The van der Waals surface area contributed by atoms with Gasteiger partial charge in [-0.05, 0) is 25.7 Å². The highest BCUT2D eigenvalue weighted by molar-refractivity contribution is 5.83. The molecule has 5 heteroatoms. The van der Waals surface area contributed by atoms with Crippen LogP contribution in [0.4, 0.5) is 4.79 Å². The van der Waals surface area contributed by atoms with Gasteiger partial charge < -0.3 is 15.0 Å². The first-order chi connectivity index (χ1) is 8.20. The SMILES string of the molecule is CCCCNC(=O)N1CCCCC1C(=O)OC. The van der Waals surface area contributed by atoms with Crippen LogP contribution >= 0.6 is 0 Å². The summed E-state index contributed by atoms with van der Waals surface area (Å²) in [5.74, 6) is -0.310. The molecule has 0 aromatic rings. The fraction of sp³-hybridized carbons (Fsp3) is 0.833. The summed E-state index contributed by atoms with van der Waals surface area (Å²) < 4.78 is 4.74. The monoisotopic (exact) mass is 242 g/mol. The van der Waals surface area contributed by atoms with Gasteiger partial charge in [0.05, 0.1) is 7.11 Å². The molecule has 0 aliphatic carbocycles. The topological polar surface area (TPSA) is 58.6 Å². The molecule has 1 rings (SSSR count). The van der Waals surface area contributed by atoms with Crippen LogP contribution in [0.2, 0.25) is 0 Å². The number of urea groups is 1. The van der Waals surface area contributed by atoms with E-state index in [1.54, 1.807) is 4.90 Å². The minimum absolute atomic E-state index is 0.145. The molecule has 1 unspecified atom stereocenters. The van der Waals surface area contributed by atoms with E-state index in [4.69, 9.17) is 4.74 Å². The molecule has 1 saturated heterocycles. The zero-order chi connectivity index (χ0) is 12.7.